The van der Waals surface area contributed by atoms with Gasteiger partial charge in [-0.05, 0) is 29.7 Å². The van der Waals surface area contributed by atoms with E-state index in [2.05, 4.69) is 57.9 Å². The molecule has 0 unspecified atom stereocenters. The lowest BCUT2D eigenvalue weighted by Crippen LogP contribution is -1.91. The van der Waals surface area contributed by atoms with E-state index in [-0.39, 0.29) is 0 Å². The number of hydrogen-bond donors (Lipinski definition) is 0. The molecule has 3 heterocycles. The maximum absolute atomic E-state index is 4.98. The van der Waals surface area contributed by atoms with Gasteiger partial charge in [0.05, 0.1) is 16.7 Å². The number of fused-ring (bicyclic) bond motifs is 3. The third-order valence-corrected chi connectivity index (χ3v) is 4.45. The highest BCUT2D eigenvalue weighted by atomic mass is 15.0. The summed E-state index contributed by atoms with van der Waals surface area (Å²) in [5.41, 5.74) is 5.10. The van der Waals surface area contributed by atoms with Gasteiger partial charge >= 0.3 is 0 Å². The molecule has 0 aliphatic carbocycles. The fraction of sp³-hybridized carbons (Fsp3) is 0. The van der Waals surface area contributed by atoms with Gasteiger partial charge in [0.15, 0.2) is 0 Å². The Balaban J connectivity index is 1.94. The highest BCUT2D eigenvalue weighted by molar-refractivity contribution is 5.90. The molecule has 3 nitrogen and oxygen atoms in total. The first-order chi connectivity index (χ1) is 12.4. The molecule has 0 saturated heterocycles. The lowest BCUT2D eigenvalue weighted by molar-refractivity contribution is 1.21. The van der Waals surface area contributed by atoms with Crippen molar-refractivity contribution in [2.24, 2.45) is 0 Å². The summed E-state index contributed by atoms with van der Waals surface area (Å²) in [6.07, 6.45) is 1.81. The molecule has 118 valence electrons. The van der Waals surface area contributed by atoms with E-state index >= 15 is 0 Å². The van der Waals surface area contributed by atoms with Crippen LogP contribution in [0.3, 0.4) is 0 Å². The van der Waals surface area contributed by atoms with Gasteiger partial charge in [0, 0.05) is 11.8 Å². The monoisotopic (exact) mass is 321 g/mol. The Kier molecular flexibility index (Phi) is 3.10. The van der Waals surface area contributed by atoms with Crippen molar-refractivity contribution in [2.45, 2.75) is 0 Å². The predicted octanol–water partition coefficient (Wildman–Crippen LogP) is 5.22. The minimum Gasteiger partial charge on any atom is -0.292 e. The minimum absolute atomic E-state index is 0.887. The third kappa shape index (κ3) is 2.21. The van der Waals surface area contributed by atoms with Crippen molar-refractivity contribution in [3.63, 3.8) is 0 Å². The Morgan fingerprint density at radius 3 is 2.28 bits per heavy atom. The second-order valence-corrected chi connectivity index (χ2v) is 5.98. The lowest BCUT2D eigenvalue weighted by Gasteiger charge is -2.06. The van der Waals surface area contributed by atoms with Crippen LogP contribution in [0.4, 0.5) is 0 Å². The first-order valence-corrected chi connectivity index (χ1v) is 8.29. The smallest absolute Gasteiger partial charge is 0.145 e. The van der Waals surface area contributed by atoms with Gasteiger partial charge in [0.2, 0.25) is 0 Å². The van der Waals surface area contributed by atoms with Gasteiger partial charge in [-0.1, -0.05) is 60.7 Å². The molecule has 0 bridgehead atoms. The van der Waals surface area contributed by atoms with E-state index in [1.165, 1.54) is 5.39 Å². The van der Waals surface area contributed by atoms with Crippen LogP contribution in [0.15, 0.2) is 91.1 Å². The molecule has 5 rings (SSSR count). The van der Waals surface area contributed by atoms with Crippen LogP contribution in [0.2, 0.25) is 0 Å². The highest BCUT2D eigenvalue weighted by Crippen LogP contribution is 2.31. The van der Waals surface area contributed by atoms with Crippen molar-refractivity contribution < 1.29 is 0 Å². The molecular weight excluding hydrogens is 306 g/mol. The maximum atomic E-state index is 4.98. The van der Waals surface area contributed by atoms with Gasteiger partial charge < -0.3 is 0 Å². The SMILES string of the molecule is c1ccc(-c2nc(-c3ccccn3)c3ccc4ccccc4n23)cc1. The summed E-state index contributed by atoms with van der Waals surface area (Å²) in [4.78, 5) is 9.49. The average molecular weight is 321 g/mol. The number of para-hydroxylation sites is 1. The first kappa shape index (κ1) is 13.9. The largest absolute Gasteiger partial charge is 0.292 e. The van der Waals surface area contributed by atoms with Crippen LogP contribution in [-0.4, -0.2) is 14.4 Å². The minimum atomic E-state index is 0.887. The lowest BCUT2D eigenvalue weighted by atomic mass is 10.1. The Bertz CT molecular complexity index is 1180. The molecule has 0 aliphatic heterocycles. The maximum Gasteiger partial charge on any atom is 0.145 e. The number of rotatable bonds is 2. The molecule has 0 N–H and O–H groups in total. The van der Waals surface area contributed by atoms with Crippen molar-refractivity contribution in [2.75, 3.05) is 0 Å². The second-order valence-electron chi connectivity index (χ2n) is 5.98. The van der Waals surface area contributed by atoms with E-state index in [4.69, 9.17) is 4.98 Å². The number of aromatic nitrogens is 3. The van der Waals surface area contributed by atoms with Crippen LogP contribution in [0.25, 0.3) is 39.2 Å². The van der Waals surface area contributed by atoms with Crippen LogP contribution in [-0.2, 0) is 0 Å². The number of benzene rings is 2. The Labute approximate surface area is 145 Å². The second kappa shape index (κ2) is 5.56. The molecule has 3 heteroatoms. The predicted molar refractivity (Wildman–Crippen MR) is 101 cm³/mol. The molecule has 0 radical (unpaired) electrons. The fourth-order valence-corrected chi connectivity index (χ4v) is 3.30. The third-order valence-electron chi connectivity index (χ3n) is 4.45. The summed E-state index contributed by atoms with van der Waals surface area (Å²) in [6.45, 7) is 0. The molecule has 0 aliphatic rings. The van der Waals surface area contributed by atoms with Crippen LogP contribution >= 0.6 is 0 Å². The highest BCUT2D eigenvalue weighted by Gasteiger charge is 2.16. The van der Waals surface area contributed by atoms with Gasteiger partial charge in [-0.3, -0.25) is 9.38 Å². The van der Waals surface area contributed by atoms with Gasteiger partial charge in [0.1, 0.15) is 11.5 Å². The van der Waals surface area contributed by atoms with E-state index in [0.717, 1.165) is 33.8 Å². The summed E-state index contributed by atoms with van der Waals surface area (Å²) in [7, 11) is 0. The summed E-state index contributed by atoms with van der Waals surface area (Å²) in [5.74, 6) is 0.938. The number of hydrogen-bond acceptors (Lipinski definition) is 2. The topological polar surface area (TPSA) is 30.2 Å². The van der Waals surface area contributed by atoms with Crippen LogP contribution in [0.1, 0.15) is 0 Å². The van der Waals surface area contributed by atoms with Gasteiger partial charge in [-0.15, -0.1) is 0 Å². The van der Waals surface area contributed by atoms with E-state index in [9.17, 15) is 0 Å². The van der Waals surface area contributed by atoms with E-state index in [1.54, 1.807) is 0 Å². The summed E-state index contributed by atoms with van der Waals surface area (Å²) >= 11 is 0. The summed E-state index contributed by atoms with van der Waals surface area (Å²) < 4.78 is 2.23. The molecule has 0 fully saturated rings. The molecule has 25 heavy (non-hydrogen) atoms. The van der Waals surface area contributed by atoms with Crippen molar-refractivity contribution in [1.82, 2.24) is 14.4 Å². The van der Waals surface area contributed by atoms with Crippen molar-refractivity contribution in [1.29, 1.82) is 0 Å². The zero-order chi connectivity index (χ0) is 16.6. The zero-order valence-electron chi connectivity index (χ0n) is 13.5. The molecule has 0 atom stereocenters. The Morgan fingerprint density at radius 2 is 1.44 bits per heavy atom. The molecule has 5 aromatic rings. The fourth-order valence-electron chi connectivity index (χ4n) is 3.30. The van der Waals surface area contributed by atoms with Crippen molar-refractivity contribution in [3.8, 4) is 22.8 Å². The number of pyridine rings is 2. The van der Waals surface area contributed by atoms with Crippen molar-refractivity contribution >= 4 is 16.4 Å². The summed E-state index contributed by atoms with van der Waals surface area (Å²) in [6, 6.07) is 28.9. The zero-order valence-corrected chi connectivity index (χ0v) is 13.5. The standard InChI is InChI=1S/C22H15N3/c1-2-9-17(10-3-1)22-24-21(18-11-6-7-15-23-18)20-14-13-16-8-4-5-12-19(16)25(20)22/h1-15H. The van der Waals surface area contributed by atoms with E-state index < -0.39 is 0 Å². The molecule has 3 aromatic heterocycles. The number of nitrogens with zero attached hydrogens (tertiary/aromatic N) is 3. The Hall–Kier alpha value is -3.46. The average Bonchev–Trinajstić information content (AvgIpc) is 3.09. The van der Waals surface area contributed by atoms with Gasteiger partial charge in [0.25, 0.3) is 0 Å². The molecule has 0 saturated carbocycles. The van der Waals surface area contributed by atoms with Gasteiger partial charge in [-0.25, -0.2) is 4.98 Å². The molecule has 0 spiro atoms. The van der Waals surface area contributed by atoms with Crippen LogP contribution in [0, 0.1) is 0 Å². The van der Waals surface area contributed by atoms with Crippen LogP contribution in [0.5, 0.6) is 0 Å². The van der Waals surface area contributed by atoms with Crippen molar-refractivity contribution in [3.05, 3.63) is 91.1 Å². The molecule has 2 aromatic carbocycles. The quantitative estimate of drug-likeness (QED) is 0.446. The van der Waals surface area contributed by atoms with E-state index in [1.807, 2.05) is 42.6 Å². The summed E-state index contributed by atoms with van der Waals surface area (Å²) in [5, 5.41) is 1.19. The Morgan fingerprint density at radius 1 is 0.640 bits per heavy atom. The van der Waals surface area contributed by atoms with Gasteiger partial charge in [-0.2, -0.15) is 0 Å². The van der Waals surface area contributed by atoms with Crippen LogP contribution < -0.4 is 0 Å². The number of imidazole rings is 1. The van der Waals surface area contributed by atoms with E-state index in [0.29, 0.717) is 0 Å². The molecule has 0 amide bonds. The molecular formula is C22H15N3. The normalized spacial score (nSPS) is 11.2. The first-order valence-electron chi connectivity index (χ1n) is 8.29.